The number of hydrogen-bond donors (Lipinski definition) is 2. The maximum Gasteiger partial charge on any atom is 0.245 e. The first-order valence-electron chi connectivity index (χ1n) is 7.79. The Hall–Kier alpha value is -2.66. The molecule has 0 heterocycles. The van der Waals surface area contributed by atoms with Gasteiger partial charge in [-0.15, -0.1) is 0 Å². The summed E-state index contributed by atoms with van der Waals surface area (Å²) < 4.78 is 0. The molecule has 0 aliphatic rings. The minimum absolute atomic E-state index is 0.0354. The Morgan fingerprint density at radius 2 is 1.62 bits per heavy atom. The number of hydrogen-bond acceptors (Lipinski definition) is 3. The highest BCUT2D eigenvalue weighted by molar-refractivity contribution is 5.95. The number of carbonyl (C=O) groups excluding carboxylic acids is 2. The molecule has 5 nitrogen and oxygen atoms in total. The summed E-state index contributed by atoms with van der Waals surface area (Å²) in [6.07, 6.45) is 0.337. The molecule has 1 atom stereocenters. The van der Waals surface area contributed by atoms with Crippen LogP contribution in [0.15, 0.2) is 48.5 Å². The summed E-state index contributed by atoms with van der Waals surface area (Å²) in [4.78, 5) is 25.5. The molecular formula is C19H23N3O2. The molecule has 0 fully saturated rings. The van der Waals surface area contributed by atoms with Crippen molar-refractivity contribution in [2.75, 3.05) is 19.4 Å². The van der Waals surface area contributed by atoms with Crippen LogP contribution in [0.2, 0.25) is 0 Å². The quantitative estimate of drug-likeness (QED) is 0.885. The third-order valence-corrected chi connectivity index (χ3v) is 3.79. The highest BCUT2D eigenvalue weighted by Crippen LogP contribution is 2.16. The smallest absolute Gasteiger partial charge is 0.245 e. The Bertz CT molecular complexity index is 706. The van der Waals surface area contributed by atoms with Gasteiger partial charge >= 0.3 is 0 Å². The van der Waals surface area contributed by atoms with E-state index >= 15 is 0 Å². The maximum atomic E-state index is 12.3. The average Bonchev–Trinajstić information content (AvgIpc) is 2.56. The molecule has 2 aromatic carbocycles. The molecule has 3 N–H and O–H groups in total. The molecule has 0 bridgehead atoms. The van der Waals surface area contributed by atoms with Gasteiger partial charge < -0.3 is 16.0 Å². The Kier molecular flexibility index (Phi) is 5.71. The number of likely N-dealkylation sites (N-methyl/N-ethyl adjacent to an activating group) is 1. The van der Waals surface area contributed by atoms with E-state index in [9.17, 15) is 9.59 Å². The molecule has 2 rings (SSSR count). The first-order valence-corrected chi connectivity index (χ1v) is 7.79. The van der Waals surface area contributed by atoms with Crippen molar-refractivity contribution in [3.8, 4) is 0 Å². The molecule has 126 valence electrons. The van der Waals surface area contributed by atoms with Crippen LogP contribution in [0.1, 0.15) is 22.7 Å². The Labute approximate surface area is 142 Å². The van der Waals surface area contributed by atoms with Crippen LogP contribution < -0.4 is 11.1 Å². The van der Waals surface area contributed by atoms with Crippen molar-refractivity contribution in [1.29, 1.82) is 0 Å². The molecule has 0 aliphatic heterocycles. The highest BCUT2D eigenvalue weighted by atomic mass is 16.2. The number of carbonyl (C=O) groups is 2. The van der Waals surface area contributed by atoms with Gasteiger partial charge in [-0.05, 0) is 30.2 Å². The van der Waals surface area contributed by atoms with Gasteiger partial charge in [0.1, 0.15) is 6.04 Å². The molecule has 0 radical (unpaired) electrons. The lowest BCUT2D eigenvalue weighted by atomic mass is 10.1. The summed E-state index contributed by atoms with van der Waals surface area (Å²) >= 11 is 0. The molecule has 24 heavy (non-hydrogen) atoms. The van der Waals surface area contributed by atoms with Gasteiger partial charge in [0, 0.05) is 19.8 Å². The number of amides is 2. The van der Waals surface area contributed by atoms with Gasteiger partial charge in [0.25, 0.3) is 0 Å². The largest absolute Gasteiger partial charge is 0.349 e. The van der Waals surface area contributed by atoms with Crippen LogP contribution in [0, 0.1) is 6.92 Å². The van der Waals surface area contributed by atoms with E-state index in [0.29, 0.717) is 12.1 Å². The Morgan fingerprint density at radius 3 is 2.17 bits per heavy atom. The molecule has 0 spiro atoms. The summed E-state index contributed by atoms with van der Waals surface area (Å²) in [5.41, 5.74) is 9.45. The van der Waals surface area contributed by atoms with Crippen LogP contribution in [0.3, 0.4) is 0 Å². The SMILES string of the molecule is Cc1ccc(C(N)C(=O)Nc2ccc(CC(=O)N(C)C)cc2)cc1. The summed E-state index contributed by atoms with van der Waals surface area (Å²) in [6.45, 7) is 1.98. The van der Waals surface area contributed by atoms with Gasteiger partial charge in [-0.3, -0.25) is 9.59 Å². The first-order chi connectivity index (χ1) is 11.4. The molecule has 1 unspecified atom stereocenters. The number of nitrogens with zero attached hydrogens (tertiary/aromatic N) is 1. The van der Waals surface area contributed by atoms with Crippen LogP contribution in [0.25, 0.3) is 0 Å². The van der Waals surface area contributed by atoms with E-state index in [4.69, 9.17) is 5.73 Å². The summed E-state index contributed by atoms with van der Waals surface area (Å²) in [5.74, 6) is -0.232. The van der Waals surface area contributed by atoms with Crippen molar-refractivity contribution in [2.24, 2.45) is 5.73 Å². The summed E-state index contributed by atoms with van der Waals surface area (Å²) in [5, 5.41) is 2.80. The zero-order valence-corrected chi connectivity index (χ0v) is 14.2. The van der Waals surface area contributed by atoms with Crippen molar-refractivity contribution < 1.29 is 9.59 Å². The van der Waals surface area contributed by atoms with Crippen LogP contribution >= 0.6 is 0 Å². The molecule has 2 aromatic rings. The maximum absolute atomic E-state index is 12.3. The zero-order chi connectivity index (χ0) is 17.7. The molecule has 5 heteroatoms. The third-order valence-electron chi connectivity index (χ3n) is 3.79. The Balaban J connectivity index is 1.98. The number of rotatable bonds is 5. The normalized spacial score (nSPS) is 11.7. The summed E-state index contributed by atoms with van der Waals surface area (Å²) in [7, 11) is 3.45. The van der Waals surface area contributed by atoms with Crippen molar-refractivity contribution in [3.05, 3.63) is 65.2 Å². The van der Waals surface area contributed by atoms with Crippen molar-refractivity contribution in [2.45, 2.75) is 19.4 Å². The molecule has 0 saturated heterocycles. The molecule has 0 saturated carbocycles. The fraction of sp³-hybridized carbons (Fsp3) is 0.263. The zero-order valence-electron chi connectivity index (χ0n) is 14.2. The van der Waals surface area contributed by atoms with E-state index in [1.165, 1.54) is 0 Å². The number of aryl methyl sites for hydroxylation is 1. The minimum Gasteiger partial charge on any atom is -0.349 e. The van der Waals surface area contributed by atoms with Crippen LogP contribution in [0.5, 0.6) is 0 Å². The fourth-order valence-electron chi connectivity index (χ4n) is 2.18. The predicted octanol–water partition coefficient (Wildman–Crippen LogP) is 2.26. The van der Waals surface area contributed by atoms with Gasteiger partial charge in [0.05, 0.1) is 6.42 Å². The first kappa shape index (κ1) is 17.7. The van der Waals surface area contributed by atoms with E-state index in [1.807, 2.05) is 43.3 Å². The van der Waals surface area contributed by atoms with E-state index in [2.05, 4.69) is 5.32 Å². The highest BCUT2D eigenvalue weighted by Gasteiger charge is 2.15. The lowest BCUT2D eigenvalue weighted by Gasteiger charge is -2.14. The number of benzene rings is 2. The molecule has 2 amide bonds. The second-order valence-electron chi connectivity index (χ2n) is 6.04. The van der Waals surface area contributed by atoms with E-state index in [-0.39, 0.29) is 11.8 Å². The monoisotopic (exact) mass is 325 g/mol. The predicted molar refractivity (Wildman–Crippen MR) is 95.6 cm³/mol. The van der Waals surface area contributed by atoms with Gasteiger partial charge in [-0.25, -0.2) is 0 Å². The number of anilines is 1. The van der Waals surface area contributed by atoms with E-state index < -0.39 is 6.04 Å². The van der Waals surface area contributed by atoms with Crippen LogP contribution in [-0.4, -0.2) is 30.8 Å². The van der Waals surface area contributed by atoms with Crippen LogP contribution in [-0.2, 0) is 16.0 Å². The second kappa shape index (κ2) is 7.75. The van der Waals surface area contributed by atoms with Gasteiger partial charge in [-0.1, -0.05) is 42.0 Å². The lowest BCUT2D eigenvalue weighted by molar-refractivity contribution is -0.128. The number of nitrogens with one attached hydrogen (secondary N) is 1. The molecular weight excluding hydrogens is 302 g/mol. The van der Waals surface area contributed by atoms with Gasteiger partial charge in [-0.2, -0.15) is 0 Å². The average molecular weight is 325 g/mol. The number of nitrogens with two attached hydrogens (primary N) is 1. The minimum atomic E-state index is -0.722. The van der Waals surface area contributed by atoms with Crippen molar-refractivity contribution in [3.63, 3.8) is 0 Å². The van der Waals surface area contributed by atoms with E-state index in [0.717, 1.165) is 16.7 Å². The topological polar surface area (TPSA) is 75.4 Å². The van der Waals surface area contributed by atoms with Gasteiger partial charge in [0.2, 0.25) is 11.8 Å². The third kappa shape index (κ3) is 4.67. The van der Waals surface area contributed by atoms with Crippen molar-refractivity contribution >= 4 is 17.5 Å². The van der Waals surface area contributed by atoms with Crippen molar-refractivity contribution in [1.82, 2.24) is 4.90 Å². The summed E-state index contributed by atoms with van der Waals surface area (Å²) in [6, 6.07) is 14.1. The molecule has 0 aromatic heterocycles. The molecule has 0 aliphatic carbocycles. The lowest BCUT2D eigenvalue weighted by Crippen LogP contribution is -2.27. The Morgan fingerprint density at radius 1 is 1.04 bits per heavy atom. The standard InChI is InChI=1S/C19H23N3O2/c1-13-4-8-15(9-5-13)18(20)19(24)21-16-10-6-14(7-11-16)12-17(23)22(2)3/h4-11,18H,12,20H2,1-3H3,(H,21,24). The van der Waals surface area contributed by atoms with E-state index in [1.54, 1.807) is 31.1 Å². The second-order valence-corrected chi connectivity index (χ2v) is 6.04. The van der Waals surface area contributed by atoms with Crippen LogP contribution in [0.4, 0.5) is 5.69 Å². The fourth-order valence-corrected chi connectivity index (χ4v) is 2.18. The van der Waals surface area contributed by atoms with Gasteiger partial charge in [0.15, 0.2) is 0 Å².